The maximum absolute atomic E-state index is 14.5. The molecule has 0 spiro atoms. The number of halogens is 2. The summed E-state index contributed by atoms with van der Waals surface area (Å²) < 4.78 is 30.1. The van der Waals surface area contributed by atoms with E-state index < -0.39 is 17.7 Å². The summed E-state index contributed by atoms with van der Waals surface area (Å²) in [4.78, 5) is 14.6. The van der Waals surface area contributed by atoms with Crippen LogP contribution in [0.4, 0.5) is 20.3 Å². The molecule has 38 heavy (non-hydrogen) atoms. The largest absolute Gasteiger partial charge is 0.368 e. The quantitative estimate of drug-likeness (QED) is 0.324. The van der Waals surface area contributed by atoms with Crippen molar-refractivity contribution in [2.45, 2.75) is 51.1 Å². The third-order valence-corrected chi connectivity index (χ3v) is 7.90. The van der Waals surface area contributed by atoms with Crippen molar-refractivity contribution in [1.82, 2.24) is 24.5 Å². The molecule has 1 unspecified atom stereocenters. The standard InChI is InChI=1S/C29H33F2N7/c1-2-4-27(23-17-20(30)7-9-25(23)31)34-28-11-12-38-29(35-28)24(19-33-38)26-10-8-22(18-32-26)37-15-13-36(14-16-37)21-5-3-6-21/h7-12,17-19,21,27H,2-6,13-16H2,1H3,(H,34,35). The first-order valence-electron chi connectivity index (χ1n) is 13.6. The Labute approximate surface area is 221 Å². The molecule has 2 fully saturated rings. The van der Waals surface area contributed by atoms with Gasteiger partial charge in [0.1, 0.15) is 17.5 Å². The molecule has 7 nitrogen and oxygen atoms in total. The summed E-state index contributed by atoms with van der Waals surface area (Å²) in [5.74, 6) is -0.319. The number of anilines is 2. The third kappa shape index (κ3) is 4.95. The van der Waals surface area contributed by atoms with Crippen molar-refractivity contribution in [3.63, 3.8) is 0 Å². The minimum atomic E-state index is -0.458. The highest BCUT2D eigenvalue weighted by molar-refractivity contribution is 5.76. The summed E-state index contributed by atoms with van der Waals surface area (Å²) in [7, 11) is 0. The minimum absolute atomic E-state index is 0.299. The second kappa shape index (κ2) is 10.6. The van der Waals surface area contributed by atoms with E-state index in [0.29, 0.717) is 23.4 Å². The van der Waals surface area contributed by atoms with Crippen LogP contribution >= 0.6 is 0 Å². The van der Waals surface area contributed by atoms with Gasteiger partial charge in [-0.2, -0.15) is 5.10 Å². The van der Waals surface area contributed by atoms with Crippen LogP contribution in [-0.2, 0) is 0 Å². The molecular weight excluding hydrogens is 484 g/mol. The first kappa shape index (κ1) is 24.7. The smallest absolute Gasteiger partial charge is 0.166 e. The summed E-state index contributed by atoms with van der Waals surface area (Å²) >= 11 is 0. The molecule has 0 amide bonds. The van der Waals surface area contributed by atoms with Gasteiger partial charge >= 0.3 is 0 Å². The number of benzene rings is 1. The topological polar surface area (TPSA) is 61.6 Å². The van der Waals surface area contributed by atoms with Crippen molar-refractivity contribution in [1.29, 1.82) is 0 Å². The Kier molecular flexibility index (Phi) is 6.93. The highest BCUT2D eigenvalue weighted by atomic mass is 19.1. The zero-order chi connectivity index (χ0) is 26.1. The van der Waals surface area contributed by atoms with Gasteiger partial charge in [-0.05, 0) is 55.7 Å². The summed E-state index contributed by atoms with van der Waals surface area (Å²) in [6.07, 6.45) is 11.0. The van der Waals surface area contributed by atoms with Crippen LogP contribution in [0.15, 0.2) is 55.0 Å². The van der Waals surface area contributed by atoms with Crippen LogP contribution in [0.1, 0.15) is 50.6 Å². The second-order valence-corrected chi connectivity index (χ2v) is 10.3. The Morgan fingerprint density at radius 2 is 1.87 bits per heavy atom. The van der Waals surface area contributed by atoms with Gasteiger partial charge in [-0.1, -0.05) is 19.8 Å². The number of nitrogens with zero attached hydrogens (tertiary/aromatic N) is 6. The first-order valence-corrected chi connectivity index (χ1v) is 13.6. The number of nitrogens with one attached hydrogen (secondary N) is 1. The minimum Gasteiger partial charge on any atom is -0.368 e. The molecule has 0 bridgehead atoms. The van der Waals surface area contributed by atoms with E-state index in [2.05, 4.69) is 26.3 Å². The van der Waals surface area contributed by atoms with E-state index in [1.165, 1.54) is 31.4 Å². The van der Waals surface area contributed by atoms with Crippen molar-refractivity contribution < 1.29 is 8.78 Å². The van der Waals surface area contributed by atoms with Crippen LogP contribution < -0.4 is 10.2 Å². The molecule has 198 valence electrons. The average molecular weight is 518 g/mol. The molecule has 9 heteroatoms. The van der Waals surface area contributed by atoms with E-state index in [1.54, 1.807) is 16.8 Å². The van der Waals surface area contributed by atoms with Gasteiger partial charge in [-0.15, -0.1) is 0 Å². The molecule has 1 aliphatic heterocycles. The lowest BCUT2D eigenvalue weighted by molar-refractivity contribution is 0.120. The van der Waals surface area contributed by atoms with Crippen LogP contribution in [0, 0.1) is 11.6 Å². The number of aromatic nitrogens is 4. The molecule has 0 radical (unpaired) electrons. The Bertz CT molecular complexity index is 1390. The van der Waals surface area contributed by atoms with Crippen LogP contribution in [0.3, 0.4) is 0 Å². The monoisotopic (exact) mass is 517 g/mol. The fourth-order valence-corrected chi connectivity index (χ4v) is 5.51. The van der Waals surface area contributed by atoms with E-state index in [4.69, 9.17) is 9.97 Å². The van der Waals surface area contributed by atoms with Crippen molar-refractivity contribution >= 4 is 17.2 Å². The molecule has 3 aromatic heterocycles. The van der Waals surface area contributed by atoms with Crippen molar-refractivity contribution in [2.24, 2.45) is 0 Å². The van der Waals surface area contributed by atoms with E-state index in [0.717, 1.165) is 61.7 Å². The molecule has 1 saturated carbocycles. The number of hydrogen-bond donors (Lipinski definition) is 1. The molecule has 2 aliphatic rings. The third-order valence-electron chi connectivity index (χ3n) is 7.90. The molecule has 1 atom stereocenters. The van der Waals surface area contributed by atoms with E-state index in [-0.39, 0.29) is 0 Å². The van der Waals surface area contributed by atoms with Crippen molar-refractivity contribution in [2.75, 3.05) is 36.4 Å². The van der Waals surface area contributed by atoms with E-state index in [9.17, 15) is 8.78 Å². The van der Waals surface area contributed by atoms with Gasteiger partial charge in [-0.25, -0.2) is 18.3 Å². The van der Waals surface area contributed by atoms with Gasteiger partial charge in [0.15, 0.2) is 5.65 Å². The number of rotatable bonds is 8. The number of fused-ring (bicyclic) bond motifs is 1. The zero-order valence-corrected chi connectivity index (χ0v) is 21.7. The second-order valence-electron chi connectivity index (χ2n) is 10.3. The lowest BCUT2D eigenvalue weighted by Crippen LogP contribution is -2.52. The molecular formula is C29H33F2N7. The van der Waals surface area contributed by atoms with Gasteiger partial charge in [0.25, 0.3) is 0 Å². The maximum atomic E-state index is 14.5. The highest BCUT2D eigenvalue weighted by Crippen LogP contribution is 2.30. The van der Waals surface area contributed by atoms with Crippen LogP contribution in [0.5, 0.6) is 0 Å². The average Bonchev–Trinajstić information content (AvgIpc) is 3.33. The van der Waals surface area contributed by atoms with Gasteiger partial charge < -0.3 is 10.2 Å². The number of pyridine rings is 1. The lowest BCUT2D eigenvalue weighted by Gasteiger charge is -2.43. The Hall–Kier alpha value is -3.59. The Morgan fingerprint density at radius 1 is 1.03 bits per heavy atom. The molecule has 1 aliphatic carbocycles. The summed E-state index contributed by atoms with van der Waals surface area (Å²) in [6.45, 7) is 6.28. The summed E-state index contributed by atoms with van der Waals surface area (Å²) in [5, 5.41) is 7.75. The SMILES string of the molecule is CCCC(Nc1ccn2ncc(-c3ccc(N4CCN(C5CCC5)CC4)cn3)c2n1)c1cc(F)ccc1F. The lowest BCUT2D eigenvalue weighted by atomic mass is 9.91. The summed E-state index contributed by atoms with van der Waals surface area (Å²) in [5.41, 5.74) is 3.70. The molecule has 1 saturated heterocycles. The highest BCUT2D eigenvalue weighted by Gasteiger charge is 2.28. The van der Waals surface area contributed by atoms with Gasteiger partial charge in [0.2, 0.25) is 0 Å². The van der Waals surface area contributed by atoms with Crippen LogP contribution in [0.2, 0.25) is 0 Å². The molecule has 4 heterocycles. The normalized spacial score (nSPS) is 17.5. The van der Waals surface area contributed by atoms with Crippen LogP contribution in [0.25, 0.3) is 16.9 Å². The molecule has 1 aromatic carbocycles. The fourth-order valence-electron chi connectivity index (χ4n) is 5.51. The predicted octanol–water partition coefficient (Wildman–Crippen LogP) is 5.70. The van der Waals surface area contributed by atoms with Gasteiger partial charge in [0.05, 0.1) is 35.4 Å². The Morgan fingerprint density at radius 3 is 2.58 bits per heavy atom. The van der Waals surface area contributed by atoms with Gasteiger partial charge in [0, 0.05) is 44.0 Å². The molecule has 1 N–H and O–H groups in total. The fraction of sp³-hybridized carbons (Fsp3) is 0.414. The van der Waals surface area contributed by atoms with Crippen LogP contribution in [-0.4, -0.2) is 56.7 Å². The van der Waals surface area contributed by atoms with E-state index >= 15 is 0 Å². The number of piperazine rings is 1. The van der Waals surface area contributed by atoms with Crippen molar-refractivity contribution in [3.8, 4) is 11.3 Å². The predicted molar refractivity (Wildman–Crippen MR) is 145 cm³/mol. The zero-order valence-electron chi connectivity index (χ0n) is 21.7. The van der Waals surface area contributed by atoms with Gasteiger partial charge in [-0.3, -0.25) is 9.88 Å². The van der Waals surface area contributed by atoms with Crippen molar-refractivity contribution in [3.05, 3.63) is 72.2 Å². The Balaban J connectivity index is 1.20. The maximum Gasteiger partial charge on any atom is 0.166 e. The summed E-state index contributed by atoms with van der Waals surface area (Å²) in [6, 6.07) is 9.89. The first-order chi connectivity index (χ1) is 18.6. The number of hydrogen-bond acceptors (Lipinski definition) is 6. The van der Waals surface area contributed by atoms with E-state index in [1.807, 2.05) is 25.4 Å². The molecule has 6 rings (SSSR count). The molecule has 4 aromatic rings.